The molecular weight excluding hydrogens is 344 g/mol. The molecular formula is C19H24N6S. The van der Waals surface area contributed by atoms with Gasteiger partial charge in [-0.25, -0.2) is 15.0 Å². The first-order chi connectivity index (χ1) is 12.4. The van der Waals surface area contributed by atoms with E-state index in [1.165, 1.54) is 11.1 Å². The van der Waals surface area contributed by atoms with E-state index in [1.54, 1.807) is 0 Å². The third kappa shape index (κ3) is 4.98. The average molecular weight is 369 g/mol. The fourth-order valence-corrected chi connectivity index (χ4v) is 2.72. The van der Waals surface area contributed by atoms with Crippen molar-refractivity contribution in [2.45, 2.75) is 46.6 Å². The first kappa shape index (κ1) is 18.3. The Bertz CT molecular complexity index is 837. The number of nitrogens with one attached hydrogen (secondary N) is 3. The van der Waals surface area contributed by atoms with Crippen molar-refractivity contribution in [3.8, 4) is 0 Å². The van der Waals surface area contributed by atoms with E-state index in [4.69, 9.17) is 12.2 Å². The second-order valence-electron chi connectivity index (χ2n) is 6.63. The molecule has 1 aromatic heterocycles. The molecule has 6 nitrogen and oxygen atoms in total. The summed E-state index contributed by atoms with van der Waals surface area (Å²) < 4.78 is 0. The van der Waals surface area contributed by atoms with Gasteiger partial charge in [-0.05, 0) is 76.0 Å². The maximum absolute atomic E-state index is 5.47. The first-order valence-corrected chi connectivity index (χ1v) is 9.13. The fraction of sp³-hybridized carbons (Fsp3) is 0.368. The number of anilines is 2. The summed E-state index contributed by atoms with van der Waals surface area (Å²) in [5, 5.41) is 10.0. The number of aliphatic imine (C=N–C) groups is 1. The Labute approximate surface area is 159 Å². The molecule has 0 amide bonds. The molecule has 0 spiro atoms. The Hall–Kier alpha value is -2.54. The molecule has 0 unspecified atom stereocenters. The van der Waals surface area contributed by atoms with Gasteiger partial charge in [0, 0.05) is 17.1 Å². The highest BCUT2D eigenvalue weighted by atomic mass is 32.1. The number of guanidine groups is 1. The van der Waals surface area contributed by atoms with Gasteiger partial charge in [0.05, 0.1) is 6.04 Å². The van der Waals surface area contributed by atoms with Crippen molar-refractivity contribution in [3.05, 3.63) is 46.8 Å². The highest BCUT2D eigenvalue weighted by Gasteiger charge is 2.22. The zero-order valence-corrected chi connectivity index (χ0v) is 16.4. The van der Waals surface area contributed by atoms with Crippen molar-refractivity contribution in [1.82, 2.24) is 15.3 Å². The summed E-state index contributed by atoms with van der Waals surface area (Å²) in [6, 6.07) is 8.36. The molecule has 1 fully saturated rings. The number of aromatic nitrogens is 2. The lowest BCUT2D eigenvalue weighted by Crippen LogP contribution is -2.39. The Morgan fingerprint density at radius 2 is 1.77 bits per heavy atom. The number of thiocarbonyl (C=S) groups is 1. The van der Waals surface area contributed by atoms with Gasteiger partial charge in [-0.1, -0.05) is 12.1 Å². The van der Waals surface area contributed by atoms with Gasteiger partial charge in [-0.2, -0.15) is 0 Å². The van der Waals surface area contributed by atoms with Crippen LogP contribution in [0.15, 0.2) is 29.3 Å². The molecule has 0 radical (unpaired) electrons. The minimum Gasteiger partial charge on any atom is -0.332 e. The summed E-state index contributed by atoms with van der Waals surface area (Å²) in [4.78, 5) is 13.5. The van der Waals surface area contributed by atoms with Gasteiger partial charge in [0.25, 0.3) is 0 Å². The van der Waals surface area contributed by atoms with E-state index in [9.17, 15) is 0 Å². The van der Waals surface area contributed by atoms with Gasteiger partial charge in [-0.15, -0.1) is 0 Å². The summed E-state index contributed by atoms with van der Waals surface area (Å²) in [6.45, 7) is 8.03. The molecule has 3 N–H and O–H groups in total. The van der Waals surface area contributed by atoms with Crippen LogP contribution < -0.4 is 16.0 Å². The number of aryl methyl sites for hydroxylation is 3. The highest BCUT2D eigenvalue weighted by Crippen LogP contribution is 2.23. The van der Waals surface area contributed by atoms with Crippen LogP contribution in [0.5, 0.6) is 0 Å². The molecule has 1 aliphatic carbocycles. The Morgan fingerprint density at radius 3 is 2.42 bits per heavy atom. The van der Waals surface area contributed by atoms with E-state index in [-0.39, 0.29) is 0 Å². The Morgan fingerprint density at radius 1 is 1.08 bits per heavy atom. The third-order valence-electron chi connectivity index (χ3n) is 4.16. The van der Waals surface area contributed by atoms with Gasteiger partial charge in [-0.3, -0.25) is 5.32 Å². The molecule has 136 valence electrons. The molecule has 1 aromatic carbocycles. The lowest BCUT2D eigenvalue weighted by atomic mass is 10.1. The largest absolute Gasteiger partial charge is 0.332 e. The minimum atomic E-state index is 0.333. The molecule has 1 saturated carbocycles. The predicted octanol–water partition coefficient (Wildman–Crippen LogP) is 3.63. The van der Waals surface area contributed by atoms with Crippen molar-refractivity contribution in [2.24, 2.45) is 4.99 Å². The van der Waals surface area contributed by atoms with Crippen LogP contribution in [0.1, 0.15) is 35.4 Å². The van der Waals surface area contributed by atoms with Crippen LogP contribution in [-0.4, -0.2) is 27.1 Å². The number of rotatable bonds is 3. The fourth-order valence-electron chi connectivity index (χ4n) is 2.52. The van der Waals surface area contributed by atoms with Crippen LogP contribution >= 0.6 is 12.2 Å². The molecule has 1 heterocycles. The minimum absolute atomic E-state index is 0.333. The zero-order chi connectivity index (χ0) is 18.7. The Kier molecular flexibility index (Phi) is 5.46. The molecule has 0 atom stereocenters. The number of hydrogen-bond acceptors (Lipinski definition) is 4. The van der Waals surface area contributed by atoms with E-state index >= 15 is 0 Å². The van der Waals surface area contributed by atoms with Gasteiger partial charge in [0.2, 0.25) is 11.9 Å². The molecule has 26 heavy (non-hydrogen) atoms. The van der Waals surface area contributed by atoms with E-state index in [2.05, 4.69) is 50.8 Å². The smallest absolute Gasteiger partial charge is 0.229 e. The first-order valence-electron chi connectivity index (χ1n) is 8.72. The maximum Gasteiger partial charge on any atom is 0.229 e. The van der Waals surface area contributed by atoms with Crippen LogP contribution in [-0.2, 0) is 0 Å². The third-order valence-corrected chi connectivity index (χ3v) is 4.36. The summed E-state index contributed by atoms with van der Waals surface area (Å²) >= 11 is 5.47. The van der Waals surface area contributed by atoms with Gasteiger partial charge in [0.15, 0.2) is 5.11 Å². The molecule has 7 heteroatoms. The van der Waals surface area contributed by atoms with Gasteiger partial charge in [0.1, 0.15) is 0 Å². The summed E-state index contributed by atoms with van der Waals surface area (Å²) in [7, 11) is 0. The van der Waals surface area contributed by atoms with Crippen molar-refractivity contribution in [1.29, 1.82) is 0 Å². The van der Waals surface area contributed by atoms with Gasteiger partial charge >= 0.3 is 0 Å². The molecule has 3 rings (SSSR count). The van der Waals surface area contributed by atoms with Crippen LogP contribution in [0.2, 0.25) is 0 Å². The van der Waals surface area contributed by atoms with E-state index in [0.717, 1.165) is 29.9 Å². The van der Waals surface area contributed by atoms with Crippen molar-refractivity contribution in [2.75, 3.05) is 10.6 Å². The number of nitrogens with zero attached hydrogens (tertiary/aromatic N) is 3. The molecule has 0 saturated heterocycles. The molecule has 0 aliphatic heterocycles. The molecule has 0 bridgehead atoms. The number of benzene rings is 1. The standard InChI is InChI=1S/C19H24N6S/c1-11-6-5-7-16(14(11)4)23-19(26)25-18(22-15-8-9-15)24-17-20-12(2)10-13(3)21-17/h5-7,10,15H,8-9H2,1-4H3,(H3,20,21,22,23,24,25,26). The average Bonchev–Trinajstić information content (AvgIpc) is 3.34. The van der Waals surface area contributed by atoms with E-state index in [0.29, 0.717) is 23.1 Å². The van der Waals surface area contributed by atoms with Crippen LogP contribution in [0.3, 0.4) is 0 Å². The molecule has 2 aromatic rings. The lowest BCUT2D eigenvalue weighted by molar-refractivity contribution is 1.02. The summed E-state index contributed by atoms with van der Waals surface area (Å²) in [6.07, 6.45) is 2.19. The normalized spacial score (nSPS) is 14.1. The monoisotopic (exact) mass is 368 g/mol. The summed E-state index contributed by atoms with van der Waals surface area (Å²) in [5.41, 5.74) is 5.18. The second kappa shape index (κ2) is 7.78. The lowest BCUT2D eigenvalue weighted by Gasteiger charge is -2.16. The van der Waals surface area contributed by atoms with E-state index in [1.807, 2.05) is 32.0 Å². The van der Waals surface area contributed by atoms with E-state index < -0.39 is 0 Å². The summed E-state index contributed by atoms with van der Waals surface area (Å²) in [5.74, 6) is 1.09. The maximum atomic E-state index is 5.47. The van der Waals surface area contributed by atoms with Crippen LogP contribution in [0.25, 0.3) is 0 Å². The second-order valence-corrected chi connectivity index (χ2v) is 7.04. The SMILES string of the molecule is Cc1cc(C)nc(NC(=NC2CC2)NC(=S)Nc2cccc(C)c2C)n1. The quantitative estimate of drug-likeness (QED) is 0.436. The zero-order valence-electron chi connectivity index (χ0n) is 15.6. The van der Waals surface area contributed by atoms with Gasteiger partial charge < -0.3 is 10.6 Å². The van der Waals surface area contributed by atoms with Crippen LogP contribution in [0.4, 0.5) is 11.6 Å². The molecule has 1 aliphatic rings. The van der Waals surface area contributed by atoms with Crippen molar-refractivity contribution in [3.63, 3.8) is 0 Å². The topological polar surface area (TPSA) is 74.2 Å². The van der Waals surface area contributed by atoms with Crippen molar-refractivity contribution < 1.29 is 0 Å². The Balaban J connectivity index is 1.72. The highest BCUT2D eigenvalue weighted by molar-refractivity contribution is 7.80. The predicted molar refractivity (Wildman–Crippen MR) is 111 cm³/mol. The van der Waals surface area contributed by atoms with Crippen molar-refractivity contribution >= 4 is 34.9 Å². The number of hydrogen-bond donors (Lipinski definition) is 3. The van der Waals surface area contributed by atoms with Crippen LogP contribution in [0, 0.1) is 27.7 Å².